The summed E-state index contributed by atoms with van der Waals surface area (Å²) in [6.07, 6.45) is 10.2. The quantitative estimate of drug-likeness (QED) is 0.465. The first-order chi connectivity index (χ1) is 13.0. The van der Waals surface area contributed by atoms with Crippen molar-refractivity contribution in [3.63, 3.8) is 0 Å². The van der Waals surface area contributed by atoms with Gasteiger partial charge in [-0.05, 0) is 56.7 Å². The molecule has 1 spiro atoms. The molecule has 4 rings (SSSR count). The van der Waals surface area contributed by atoms with E-state index in [-0.39, 0.29) is 5.60 Å². The number of rotatable bonds is 3. The van der Waals surface area contributed by atoms with E-state index >= 15 is 0 Å². The fourth-order valence-corrected chi connectivity index (χ4v) is 3.95. The summed E-state index contributed by atoms with van der Waals surface area (Å²) in [5.41, 5.74) is 4.89. The second-order valence-electron chi connectivity index (χ2n) is 7.54. The average Bonchev–Trinajstić information content (AvgIpc) is 3.06. The van der Waals surface area contributed by atoms with Gasteiger partial charge in [0.25, 0.3) is 0 Å². The summed E-state index contributed by atoms with van der Waals surface area (Å²) in [6, 6.07) is 19.0. The van der Waals surface area contributed by atoms with Crippen LogP contribution in [0, 0.1) is 0 Å². The molecular formula is C25H25NO. The van der Waals surface area contributed by atoms with Crippen molar-refractivity contribution >= 4 is 11.4 Å². The Bertz CT molecular complexity index is 965. The number of anilines is 2. The molecule has 2 aromatic rings. The van der Waals surface area contributed by atoms with Gasteiger partial charge in [-0.3, -0.25) is 0 Å². The van der Waals surface area contributed by atoms with Crippen LogP contribution in [0.15, 0.2) is 103 Å². The maximum atomic E-state index is 6.77. The molecular weight excluding hydrogens is 330 g/mol. The summed E-state index contributed by atoms with van der Waals surface area (Å²) in [5, 5.41) is 0. The van der Waals surface area contributed by atoms with Crippen LogP contribution in [0.5, 0.6) is 0 Å². The first kappa shape index (κ1) is 17.6. The number of benzene rings is 2. The maximum absolute atomic E-state index is 6.77. The lowest BCUT2D eigenvalue weighted by Crippen LogP contribution is -2.33. The minimum absolute atomic E-state index is 0.318. The summed E-state index contributed by atoms with van der Waals surface area (Å²) in [4.78, 5) is 2.30. The average molecular weight is 355 g/mol. The van der Waals surface area contributed by atoms with E-state index in [4.69, 9.17) is 4.74 Å². The van der Waals surface area contributed by atoms with Crippen molar-refractivity contribution in [3.05, 3.63) is 108 Å². The van der Waals surface area contributed by atoms with Crippen molar-refractivity contribution in [3.8, 4) is 0 Å². The van der Waals surface area contributed by atoms with E-state index in [2.05, 4.69) is 92.9 Å². The summed E-state index contributed by atoms with van der Waals surface area (Å²) >= 11 is 0. The number of fused-ring (bicyclic) bond motifs is 2. The first-order valence-corrected chi connectivity index (χ1v) is 9.34. The van der Waals surface area contributed by atoms with Gasteiger partial charge in [0.15, 0.2) is 5.60 Å². The molecule has 2 aromatic carbocycles. The zero-order valence-electron chi connectivity index (χ0n) is 16.1. The number of hydrogen-bond acceptors (Lipinski definition) is 2. The zero-order valence-corrected chi connectivity index (χ0v) is 16.1. The Morgan fingerprint density at radius 1 is 0.963 bits per heavy atom. The van der Waals surface area contributed by atoms with E-state index in [0.717, 1.165) is 17.1 Å². The first-order valence-electron chi connectivity index (χ1n) is 9.34. The highest BCUT2D eigenvalue weighted by atomic mass is 16.5. The second-order valence-corrected chi connectivity index (χ2v) is 7.54. The molecule has 136 valence electrons. The molecule has 27 heavy (non-hydrogen) atoms. The molecule has 0 amide bonds. The molecule has 2 nitrogen and oxygen atoms in total. The normalized spacial score (nSPS) is 24.6. The number of allylic oxidation sites excluding steroid dienone is 4. The van der Waals surface area contributed by atoms with Gasteiger partial charge in [-0.25, -0.2) is 0 Å². The van der Waals surface area contributed by atoms with Crippen LogP contribution in [0.2, 0.25) is 0 Å². The van der Waals surface area contributed by atoms with E-state index in [0.29, 0.717) is 0 Å². The third-order valence-corrected chi connectivity index (χ3v) is 5.47. The van der Waals surface area contributed by atoms with Crippen LogP contribution in [0.3, 0.4) is 0 Å². The van der Waals surface area contributed by atoms with Crippen molar-refractivity contribution in [2.75, 3.05) is 4.90 Å². The van der Waals surface area contributed by atoms with Crippen LogP contribution in [0.1, 0.15) is 26.3 Å². The molecule has 0 aliphatic carbocycles. The topological polar surface area (TPSA) is 12.5 Å². The Hall–Kier alpha value is -2.84. The van der Waals surface area contributed by atoms with E-state index in [9.17, 15) is 0 Å². The minimum atomic E-state index is -0.592. The Labute approximate surface area is 161 Å². The van der Waals surface area contributed by atoms with Gasteiger partial charge in [-0.15, -0.1) is 0 Å². The molecule has 2 aliphatic heterocycles. The molecule has 0 saturated carbocycles. The Morgan fingerprint density at radius 3 is 2.33 bits per heavy atom. The lowest BCUT2D eigenvalue weighted by atomic mass is 9.91. The van der Waals surface area contributed by atoms with E-state index in [1.54, 1.807) is 6.08 Å². The van der Waals surface area contributed by atoms with Gasteiger partial charge in [-0.2, -0.15) is 0 Å². The largest absolute Gasteiger partial charge is 0.350 e. The molecule has 0 N–H and O–H groups in total. The fourth-order valence-electron chi connectivity index (χ4n) is 3.95. The zero-order chi connectivity index (χ0) is 19.1. The number of ether oxygens (including phenoxy) is 1. The van der Waals surface area contributed by atoms with Gasteiger partial charge in [0.2, 0.25) is 0 Å². The predicted octanol–water partition coefficient (Wildman–Crippen LogP) is 6.41. The lowest BCUT2D eigenvalue weighted by Gasteiger charge is -2.32. The van der Waals surface area contributed by atoms with Crippen LogP contribution in [-0.4, -0.2) is 5.60 Å². The second kappa shape index (κ2) is 6.40. The highest BCUT2D eigenvalue weighted by Gasteiger charge is 2.53. The molecule has 2 heteroatoms. The monoisotopic (exact) mass is 355 g/mol. The van der Waals surface area contributed by atoms with Crippen molar-refractivity contribution in [2.45, 2.75) is 32.0 Å². The van der Waals surface area contributed by atoms with Crippen LogP contribution < -0.4 is 4.90 Å². The molecule has 1 atom stereocenters. The maximum Gasteiger partial charge on any atom is 0.155 e. The van der Waals surface area contributed by atoms with Crippen LogP contribution in [-0.2, 0) is 10.3 Å². The van der Waals surface area contributed by atoms with E-state index < -0.39 is 5.60 Å². The molecule has 0 bridgehead atoms. The third kappa shape index (κ3) is 2.68. The summed E-state index contributed by atoms with van der Waals surface area (Å²) in [7, 11) is 0. The molecule has 0 radical (unpaired) electrons. The van der Waals surface area contributed by atoms with Crippen molar-refractivity contribution in [1.82, 2.24) is 0 Å². The summed E-state index contributed by atoms with van der Waals surface area (Å²) in [5.74, 6) is 0. The van der Waals surface area contributed by atoms with Crippen molar-refractivity contribution in [1.29, 1.82) is 0 Å². The number of nitrogens with zero attached hydrogens (tertiary/aromatic N) is 1. The summed E-state index contributed by atoms with van der Waals surface area (Å²) < 4.78 is 6.77. The molecule has 2 aliphatic rings. The van der Waals surface area contributed by atoms with Gasteiger partial charge < -0.3 is 9.64 Å². The minimum Gasteiger partial charge on any atom is -0.350 e. The van der Waals surface area contributed by atoms with Crippen molar-refractivity contribution < 1.29 is 4.74 Å². The molecule has 1 unspecified atom stereocenters. The van der Waals surface area contributed by atoms with Gasteiger partial charge in [0.05, 0.1) is 17.0 Å². The highest BCUT2D eigenvalue weighted by Crippen LogP contribution is 2.57. The van der Waals surface area contributed by atoms with Gasteiger partial charge in [0.1, 0.15) is 0 Å². The SMILES string of the molecule is C=C/C=C\C=C1/N(c2ccccc2)c2ccccc2C12C=C(C)C(C)(C)O2. The number of hydrogen-bond donors (Lipinski definition) is 0. The third-order valence-electron chi connectivity index (χ3n) is 5.47. The van der Waals surface area contributed by atoms with Gasteiger partial charge in [0, 0.05) is 11.3 Å². The fraction of sp³-hybridized carbons (Fsp3) is 0.200. The molecule has 0 saturated heterocycles. The van der Waals surface area contributed by atoms with Gasteiger partial charge in [-0.1, -0.05) is 61.2 Å². The Kier molecular flexibility index (Phi) is 4.16. The Balaban J connectivity index is 2.00. The molecule has 0 fully saturated rings. The number of para-hydroxylation sites is 2. The predicted molar refractivity (Wildman–Crippen MR) is 113 cm³/mol. The van der Waals surface area contributed by atoms with E-state index in [1.807, 2.05) is 18.2 Å². The smallest absolute Gasteiger partial charge is 0.155 e. The molecule has 2 heterocycles. The summed E-state index contributed by atoms with van der Waals surface area (Å²) in [6.45, 7) is 10.2. The Morgan fingerprint density at radius 2 is 1.67 bits per heavy atom. The van der Waals surface area contributed by atoms with Gasteiger partial charge >= 0.3 is 0 Å². The van der Waals surface area contributed by atoms with E-state index in [1.165, 1.54) is 11.1 Å². The van der Waals surface area contributed by atoms with Crippen LogP contribution >= 0.6 is 0 Å². The standard InChI is InChI=1S/C25H25NO/c1-5-6-8-17-23-25(18-19(2)24(3,4)27-25)21-15-11-12-16-22(21)26(23)20-13-9-7-10-14-20/h5-18H,1H2,2-4H3/b8-6-,23-17-. The van der Waals surface area contributed by atoms with Crippen LogP contribution in [0.25, 0.3) is 0 Å². The lowest BCUT2D eigenvalue weighted by molar-refractivity contribution is -0.0534. The van der Waals surface area contributed by atoms with Crippen molar-refractivity contribution in [2.24, 2.45) is 0 Å². The van der Waals surface area contributed by atoms with Crippen LogP contribution in [0.4, 0.5) is 11.4 Å². The molecule has 0 aromatic heterocycles. The highest BCUT2D eigenvalue weighted by molar-refractivity contribution is 5.81.